The van der Waals surface area contributed by atoms with E-state index in [2.05, 4.69) is 21.4 Å². The molecule has 0 aliphatic carbocycles. The molecule has 88 valence electrons. The average molecular weight is 247 g/mol. The minimum Gasteiger partial charge on any atom is -0.348 e. The second-order valence-corrected chi connectivity index (χ2v) is 4.78. The highest BCUT2D eigenvalue weighted by Crippen LogP contribution is 2.11. The quantitative estimate of drug-likeness (QED) is 0.897. The second-order valence-electron chi connectivity index (χ2n) is 3.75. The van der Waals surface area contributed by atoms with Gasteiger partial charge in [0, 0.05) is 29.7 Å². The van der Waals surface area contributed by atoms with Gasteiger partial charge in [0.05, 0.1) is 6.20 Å². The van der Waals surface area contributed by atoms with Gasteiger partial charge in [-0.2, -0.15) is 0 Å². The molecule has 0 spiro atoms. The summed E-state index contributed by atoms with van der Waals surface area (Å²) in [7, 11) is 0. The molecule has 4 nitrogen and oxygen atoms in total. The molecule has 0 bridgehead atoms. The maximum absolute atomic E-state index is 11.8. The minimum absolute atomic E-state index is 0.0863. The molecule has 2 rings (SSSR count). The van der Waals surface area contributed by atoms with E-state index in [4.69, 9.17) is 0 Å². The van der Waals surface area contributed by atoms with Crippen LogP contribution >= 0.6 is 11.3 Å². The van der Waals surface area contributed by atoms with Crippen molar-refractivity contribution in [2.45, 2.75) is 19.4 Å². The van der Waals surface area contributed by atoms with Crippen molar-refractivity contribution in [1.82, 2.24) is 15.3 Å². The lowest BCUT2D eigenvalue weighted by Crippen LogP contribution is -2.34. The molecule has 2 aromatic rings. The fraction of sp³-hybridized carbons (Fsp3) is 0.250. The van der Waals surface area contributed by atoms with Gasteiger partial charge < -0.3 is 5.32 Å². The van der Waals surface area contributed by atoms with Crippen LogP contribution < -0.4 is 5.32 Å². The summed E-state index contributed by atoms with van der Waals surface area (Å²) < 4.78 is 0. The smallest absolute Gasteiger partial charge is 0.271 e. The third-order valence-electron chi connectivity index (χ3n) is 2.26. The van der Waals surface area contributed by atoms with Crippen molar-refractivity contribution in [2.75, 3.05) is 0 Å². The molecule has 0 aliphatic rings. The molecule has 0 saturated heterocycles. The zero-order valence-electron chi connectivity index (χ0n) is 9.46. The van der Waals surface area contributed by atoms with Gasteiger partial charge in [0.15, 0.2) is 0 Å². The molecule has 0 saturated carbocycles. The Hall–Kier alpha value is -1.75. The summed E-state index contributed by atoms with van der Waals surface area (Å²) in [5, 5.41) is 4.93. The van der Waals surface area contributed by atoms with E-state index >= 15 is 0 Å². The number of amides is 1. The summed E-state index contributed by atoms with van der Waals surface area (Å²) in [5.41, 5.74) is 0.352. The maximum Gasteiger partial charge on any atom is 0.271 e. The van der Waals surface area contributed by atoms with Crippen LogP contribution in [-0.2, 0) is 6.42 Å². The molecule has 2 heterocycles. The van der Waals surface area contributed by atoms with Gasteiger partial charge in [-0.15, -0.1) is 11.3 Å². The first-order chi connectivity index (χ1) is 8.25. The van der Waals surface area contributed by atoms with Crippen LogP contribution in [0.4, 0.5) is 0 Å². The number of nitrogens with zero attached hydrogens (tertiary/aromatic N) is 2. The van der Waals surface area contributed by atoms with Crippen molar-refractivity contribution in [3.05, 3.63) is 46.7 Å². The topological polar surface area (TPSA) is 54.9 Å². The van der Waals surface area contributed by atoms with Crippen molar-refractivity contribution in [1.29, 1.82) is 0 Å². The van der Waals surface area contributed by atoms with E-state index in [0.29, 0.717) is 5.69 Å². The van der Waals surface area contributed by atoms with Gasteiger partial charge in [0.1, 0.15) is 5.69 Å². The van der Waals surface area contributed by atoms with Gasteiger partial charge in [0.2, 0.25) is 0 Å². The van der Waals surface area contributed by atoms with Gasteiger partial charge in [-0.1, -0.05) is 6.07 Å². The number of carbonyl (C=O) groups is 1. The molecule has 1 N–H and O–H groups in total. The number of aromatic nitrogens is 2. The van der Waals surface area contributed by atoms with E-state index in [-0.39, 0.29) is 11.9 Å². The maximum atomic E-state index is 11.8. The fourth-order valence-electron chi connectivity index (χ4n) is 1.50. The normalized spacial score (nSPS) is 12.1. The number of rotatable bonds is 4. The highest BCUT2D eigenvalue weighted by atomic mass is 32.1. The predicted octanol–water partition coefficient (Wildman–Crippen LogP) is 1.90. The third kappa shape index (κ3) is 3.35. The highest BCUT2D eigenvalue weighted by molar-refractivity contribution is 7.09. The molecule has 2 aromatic heterocycles. The SMILES string of the molecule is CC(Cc1cccs1)NC(=O)c1cnccn1. The Morgan fingerprint density at radius 1 is 1.53 bits per heavy atom. The number of carbonyl (C=O) groups excluding carboxylic acids is 1. The molecule has 0 fully saturated rings. The van der Waals surface area contributed by atoms with E-state index in [1.165, 1.54) is 17.3 Å². The van der Waals surface area contributed by atoms with E-state index < -0.39 is 0 Å². The van der Waals surface area contributed by atoms with Gasteiger partial charge in [-0.25, -0.2) is 4.98 Å². The monoisotopic (exact) mass is 247 g/mol. The van der Waals surface area contributed by atoms with Crippen molar-refractivity contribution in [2.24, 2.45) is 0 Å². The number of thiophene rings is 1. The summed E-state index contributed by atoms with van der Waals surface area (Å²) in [6, 6.07) is 4.16. The average Bonchev–Trinajstić information content (AvgIpc) is 2.82. The van der Waals surface area contributed by atoms with Crippen LogP contribution in [0.15, 0.2) is 36.1 Å². The predicted molar refractivity (Wildman–Crippen MR) is 67.0 cm³/mol. The van der Waals surface area contributed by atoms with Gasteiger partial charge in [-0.3, -0.25) is 9.78 Å². The first kappa shape index (κ1) is 11.7. The molecule has 1 unspecified atom stereocenters. The van der Waals surface area contributed by atoms with Crippen molar-refractivity contribution in [3.63, 3.8) is 0 Å². The second kappa shape index (κ2) is 5.54. The van der Waals surface area contributed by atoms with Crippen molar-refractivity contribution < 1.29 is 4.79 Å². The Bertz CT molecular complexity index is 470. The van der Waals surface area contributed by atoms with Gasteiger partial charge >= 0.3 is 0 Å². The van der Waals surface area contributed by atoms with Crippen LogP contribution in [0.25, 0.3) is 0 Å². The Kier molecular flexibility index (Phi) is 3.82. The highest BCUT2D eigenvalue weighted by Gasteiger charge is 2.11. The van der Waals surface area contributed by atoms with Crippen LogP contribution in [-0.4, -0.2) is 21.9 Å². The summed E-state index contributed by atoms with van der Waals surface area (Å²) >= 11 is 1.69. The summed E-state index contributed by atoms with van der Waals surface area (Å²) in [6.07, 6.45) is 5.36. The molecule has 1 amide bonds. The lowest BCUT2D eigenvalue weighted by molar-refractivity contribution is 0.0935. The number of nitrogens with one attached hydrogen (secondary N) is 1. The molecule has 1 atom stereocenters. The Morgan fingerprint density at radius 2 is 2.41 bits per heavy atom. The summed E-state index contributed by atoms with van der Waals surface area (Å²) in [4.78, 5) is 20.9. The van der Waals surface area contributed by atoms with Crippen LogP contribution in [0.1, 0.15) is 22.3 Å². The molecule has 0 aromatic carbocycles. The van der Waals surface area contributed by atoms with E-state index in [1.54, 1.807) is 17.5 Å². The molecule has 17 heavy (non-hydrogen) atoms. The van der Waals surface area contributed by atoms with Crippen LogP contribution in [0.5, 0.6) is 0 Å². The first-order valence-corrected chi connectivity index (χ1v) is 6.23. The molecule has 0 radical (unpaired) electrons. The largest absolute Gasteiger partial charge is 0.348 e. The number of hydrogen-bond donors (Lipinski definition) is 1. The number of hydrogen-bond acceptors (Lipinski definition) is 4. The zero-order valence-corrected chi connectivity index (χ0v) is 10.3. The van der Waals surface area contributed by atoms with Gasteiger partial charge in [-0.05, 0) is 18.4 Å². The molecular weight excluding hydrogens is 234 g/mol. The van der Waals surface area contributed by atoms with Gasteiger partial charge in [0.25, 0.3) is 5.91 Å². The lowest BCUT2D eigenvalue weighted by atomic mass is 10.2. The van der Waals surface area contributed by atoms with E-state index in [0.717, 1.165) is 6.42 Å². The van der Waals surface area contributed by atoms with E-state index in [1.807, 2.05) is 18.4 Å². The molecule has 0 aliphatic heterocycles. The fourth-order valence-corrected chi connectivity index (χ4v) is 2.33. The Labute approximate surface area is 104 Å². The van der Waals surface area contributed by atoms with Crippen LogP contribution in [0.2, 0.25) is 0 Å². The Morgan fingerprint density at radius 3 is 3.06 bits per heavy atom. The lowest BCUT2D eigenvalue weighted by Gasteiger charge is -2.12. The molecular formula is C12H13N3OS. The van der Waals surface area contributed by atoms with Crippen molar-refractivity contribution >= 4 is 17.2 Å². The minimum atomic E-state index is -0.179. The summed E-state index contributed by atoms with van der Waals surface area (Å²) in [6.45, 7) is 1.98. The Balaban J connectivity index is 1.91. The summed E-state index contributed by atoms with van der Waals surface area (Å²) in [5.74, 6) is -0.179. The third-order valence-corrected chi connectivity index (χ3v) is 3.16. The van der Waals surface area contributed by atoms with Crippen LogP contribution in [0.3, 0.4) is 0 Å². The van der Waals surface area contributed by atoms with Crippen molar-refractivity contribution in [3.8, 4) is 0 Å². The standard InChI is InChI=1S/C12H13N3OS/c1-9(7-10-3-2-6-17-10)15-12(16)11-8-13-4-5-14-11/h2-6,8-9H,7H2,1H3,(H,15,16). The zero-order chi connectivity index (χ0) is 12.1. The molecule has 5 heteroatoms. The van der Waals surface area contributed by atoms with Crippen LogP contribution in [0, 0.1) is 0 Å². The van der Waals surface area contributed by atoms with E-state index in [9.17, 15) is 4.79 Å². The first-order valence-electron chi connectivity index (χ1n) is 5.35.